The molecule has 0 aromatic heterocycles. The van der Waals surface area contributed by atoms with Gasteiger partial charge in [0.1, 0.15) is 0 Å². The quantitative estimate of drug-likeness (QED) is 0.756. The van der Waals surface area contributed by atoms with Crippen LogP contribution in [0.2, 0.25) is 0 Å². The number of carbonyl (C=O) groups is 1. The van der Waals surface area contributed by atoms with Crippen molar-refractivity contribution in [1.29, 1.82) is 0 Å². The normalized spacial score (nSPS) is 12.2. The minimum Gasteiger partial charge on any atom is -0.464 e. The van der Waals surface area contributed by atoms with Crippen LogP contribution in [0, 0.1) is 0 Å². The van der Waals surface area contributed by atoms with Gasteiger partial charge in [-0.15, -0.1) is 0 Å². The van der Waals surface area contributed by atoms with Gasteiger partial charge in [-0.05, 0) is 31.0 Å². The molecule has 0 spiro atoms. The Bertz CT molecular complexity index is 365. The summed E-state index contributed by atoms with van der Waals surface area (Å²) in [6, 6.07) is 7.82. The lowest BCUT2D eigenvalue weighted by atomic mass is 10.2. The number of carbonyl (C=O) groups excluding carboxylic acids is 1. The maximum Gasteiger partial charge on any atom is 0.335 e. The fraction of sp³-hybridized carbons (Fsp3) is 0.462. The third-order valence-electron chi connectivity index (χ3n) is 2.26. The third kappa shape index (κ3) is 4.88. The first-order chi connectivity index (χ1) is 8.17. The van der Waals surface area contributed by atoms with E-state index in [0.29, 0.717) is 19.6 Å². The van der Waals surface area contributed by atoms with Gasteiger partial charge in [0, 0.05) is 4.47 Å². The highest BCUT2D eigenvalue weighted by Crippen LogP contribution is 2.14. The second-order valence-electron chi connectivity index (χ2n) is 3.59. The smallest absolute Gasteiger partial charge is 0.335 e. The van der Waals surface area contributed by atoms with Gasteiger partial charge in [0.05, 0.1) is 13.2 Å². The van der Waals surface area contributed by atoms with Crippen LogP contribution >= 0.6 is 15.9 Å². The molecule has 0 N–H and O–H groups in total. The summed E-state index contributed by atoms with van der Waals surface area (Å²) in [4.78, 5) is 11.5. The average Bonchev–Trinajstić information content (AvgIpc) is 2.30. The van der Waals surface area contributed by atoms with Crippen LogP contribution in [-0.4, -0.2) is 18.7 Å². The maximum absolute atomic E-state index is 11.5. The van der Waals surface area contributed by atoms with E-state index < -0.39 is 6.10 Å². The molecule has 4 heteroatoms. The predicted molar refractivity (Wildman–Crippen MR) is 69.6 cm³/mol. The Morgan fingerprint density at radius 3 is 2.76 bits per heavy atom. The first-order valence-corrected chi connectivity index (χ1v) is 6.49. The van der Waals surface area contributed by atoms with Gasteiger partial charge in [0.25, 0.3) is 0 Å². The van der Waals surface area contributed by atoms with Crippen molar-refractivity contribution in [2.45, 2.75) is 33.0 Å². The van der Waals surface area contributed by atoms with E-state index >= 15 is 0 Å². The lowest BCUT2D eigenvalue weighted by molar-refractivity contribution is -0.157. The van der Waals surface area contributed by atoms with E-state index in [2.05, 4.69) is 15.9 Å². The summed E-state index contributed by atoms with van der Waals surface area (Å²) in [5, 5.41) is 0. The standard InChI is InChI=1S/C13H17BrO3/c1-3-12(13(15)16-4-2)17-9-10-6-5-7-11(14)8-10/h5-8,12H,3-4,9H2,1-2H3. The van der Waals surface area contributed by atoms with Gasteiger partial charge in [0.15, 0.2) is 6.10 Å². The van der Waals surface area contributed by atoms with E-state index in [1.807, 2.05) is 31.2 Å². The Hall–Kier alpha value is -0.870. The van der Waals surface area contributed by atoms with Gasteiger partial charge in [-0.3, -0.25) is 0 Å². The van der Waals surface area contributed by atoms with Gasteiger partial charge < -0.3 is 9.47 Å². The lowest BCUT2D eigenvalue weighted by Crippen LogP contribution is -2.25. The van der Waals surface area contributed by atoms with E-state index in [-0.39, 0.29) is 5.97 Å². The van der Waals surface area contributed by atoms with E-state index in [0.717, 1.165) is 10.0 Å². The number of rotatable bonds is 6. The molecule has 0 saturated carbocycles. The van der Waals surface area contributed by atoms with Crippen molar-refractivity contribution in [3.63, 3.8) is 0 Å². The summed E-state index contributed by atoms with van der Waals surface area (Å²) in [6.07, 6.45) is 0.140. The highest BCUT2D eigenvalue weighted by molar-refractivity contribution is 9.10. The van der Waals surface area contributed by atoms with E-state index in [1.54, 1.807) is 6.92 Å². The molecule has 0 heterocycles. The minimum atomic E-state index is -0.478. The van der Waals surface area contributed by atoms with E-state index in [1.165, 1.54) is 0 Å². The number of halogens is 1. The maximum atomic E-state index is 11.5. The Labute approximate surface area is 110 Å². The van der Waals surface area contributed by atoms with Crippen LogP contribution in [0.1, 0.15) is 25.8 Å². The summed E-state index contributed by atoms with van der Waals surface area (Å²) >= 11 is 3.39. The molecule has 1 atom stereocenters. The van der Waals surface area contributed by atoms with Crippen LogP contribution < -0.4 is 0 Å². The number of hydrogen-bond acceptors (Lipinski definition) is 3. The molecule has 1 aromatic carbocycles. The van der Waals surface area contributed by atoms with Gasteiger partial charge >= 0.3 is 5.97 Å². The third-order valence-corrected chi connectivity index (χ3v) is 2.75. The van der Waals surface area contributed by atoms with Crippen molar-refractivity contribution < 1.29 is 14.3 Å². The Balaban J connectivity index is 2.50. The first-order valence-electron chi connectivity index (χ1n) is 5.70. The number of hydrogen-bond donors (Lipinski definition) is 0. The molecule has 1 aromatic rings. The summed E-state index contributed by atoms with van der Waals surface area (Å²) in [5.74, 6) is -0.287. The molecule has 0 aliphatic rings. The van der Waals surface area contributed by atoms with Gasteiger partial charge in [0.2, 0.25) is 0 Å². The molecule has 3 nitrogen and oxygen atoms in total. The van der Waals surface area contributed by atoms with E-state index in [9.17, 15) is 4.79 Å². The number of benzene rings is 1. The summed E-state index contributed by atoms with van der Waals surface area (Å²) in [7, 11) is 0. The SMILES string of the molecule is CCOC(=O)C(CC)OCc1cccc(Br)c1. The average molecular weight is 301 g/mol. The van der Waals surface area contributed by atoms with Crippen molar-refractivity contribution >= 4 is 21.9 Å². The Morgan fingerprint density at radius 2 is 2.18 bits per heavy atom. The first kappa shape index (κ1) is 14.2. The van der Waals surface area contributed by atoms with Crippen molar-refractivity contribution in [1.82, 2.24) is 0 Å². The molecule has 1 unspecified atom stereocenters. The van der Waals surface area contributed by atoms with Crippen molar-refractivity contribution in [3.8, 4) is 0 Å². The van der Waals surface area contributed by atoms with Gasteiger partial charge in [-0.25, -0.2) is 4.79 Å². The predicted octanol–water partition coefficient (Wildman–Crippen LogP) is 3.31. The van der Waals surface area contributed by atoms with Gasteiger partial charge in [-0.1, -0.05) is 35.0 Å². The summed E-state index contributed by atoms with van der Waals surface area (Å²) < 4.78 is 11.5. The zero-order valence-corrected chi connectivity index (χ0v) is 11.7. The second-order valence-corrected chi connectivity index (χ2v) is 4.51. The molecule has 0 saturated heterocycles. The zero-order valence-electron chi connectivity index (χ0n) is 10.1. The molecule has 0 aliphatic carbocycles. The van der Waals surface area contributed by atoms with Crippen molar-refractivity contribution in [2.24, 2.45) is 0 Å². The second kappa shape index (κ2) is 7.45. The molecule has 94 valence electrons. The van der Waals surface area contributed by atoms with Gasteiger partial charge in [-0.2, -0.15) is 0 Å². The molecule has 17 heavy (non-hydrogen) atoms. The molecule has 0 aliphatic heterocycles. The van der Waals surface area contributed by atoms with Crippen molar-refractivity contribution in [2.75, 3.05) is 6.61 Å². The van der Waals surface area contributed by atoms with Crippen LogP contribution in [-0.2, 0) is 20.9 Å². The van der Waals surface area contributed by atoms with Crippen LogP contribution in [0.4, 0.5) is 0 Å². The van der Waals surface area contributed by atoms with Crippen LogP contribution in [0.3, 0.4) is 0 Å². The molecular weight excluding hydrogens is 284 g/mol. The molecule has 0 radical (unpaired) electrons. The molecule has 0 amide bonds. The fourth-order valence-corrected chi connectivity index (χ4v) is 1.86. The monoisotopic (exact) mass is 300 g/mol. The number of esters is 1. The molecular formula is C13H17BrO3. The Kier molecular flexibility index (Phi) is 6.22. The molecule has 0 bridgehead atoms. The van der Waals surface area contributed by atoms with Crippen LogP contribution in [0.15, 0.2) is 28.7 Å². The van der Waals surface area contributed by atoms with Crippen molar-refractivity contribution in [3.05, 3.63) is 34.3 Å². The fourth-order valence-electron chi connectivity index (χ4n) is 1.41. The highest BCUT2D eigenvalue weighted by Gasteiger charge is 2.17. The highest BCUT2D eigenvalue weighted by atomic mass is 79.9. The number of ether oxygens (including phenoxy) is 2. The van der Waals surface area contributed by atoms with Crippen LogP contribution in [0.5, 0.6) is 0 Å². The lowest BCUT2D eigenvalue weighted by Gasteiger charge is -2.14. The molecule has 1 rings (SSSR count). The topological polar surface area (TPSA) is 35.5 Å². The van der Waals surface area contributed by atoms with E-state index in [4.69, 9.17) is 9.47 Å². The molecule has 0 fully saturated rings. The minimum absolute atomic E-state index is 0.287. The largest absolute Gasteiger partial charge is 0.464 e. The Morgan fingerprint density at radius 1 is 1.41 bits per heavy atom. The summed E-state index contributed by atoms with van der Waals surface area (Å²) in [6.45, 7) is 4.49. The van der Waals surface area contributed by atoms with Crippen LogP contribution in [0.25, 0.3) is 0 Å². The summed E-state index contributed by atoms with van der Waals surface area (Å²) in [5.41, 5.74) is 1.03. The zero-order chi connectivity index (χ0) is 12.7.